The molecule has 1 unspecified atom stereocenters. The summed E-state index contributed by atoms with van der Waals surface area (Å²) in [5, 5.41) is 10.9. The van der Waals surface area contributed by atoms with Crippen molar-refractivity contribution < 1.29 is 9.84 Å². The lowest BCUT2D eigenvalue weighted by molar-refractivity contribution is 0.143. The zero-order valence-corrected chi connectivity index (χ0v) is 19.7. The van der Waals surface area contributed by atoms with E-state index in [9.17, 15) is 5.11 Å². The van der Waals surface area contributed by atoms with Gasteiger partial charge in [0.2, 0.25) is 0 Å². The van der Waals surface area contributed by atoms with E-state index in [-0.39, 0.29) is 0 Å². The summed E-state index contributed by atoms with van der Waals surface area (Å²) in [7, 11) is 5.99. The first-order valence-electron chi connectivity index (χ1n) is 11.0. The smallest absolute Gasteiger partial charge is 0.182 e. The Morgan fingerprint density at radius 3 is 2.94 bits per heavy atom. The lowest BCUT2D eigenvalue weighted by Gasteiger charge is -2.28. The van der Waals surface area contributed by atoms with Crippen molar-refractivity contribution in [2.45, 2.75) is 44.8 Å². The average Bonchev–Trinajstić information content (AvgIpc) is 3.27. The van der Waals surface area contributed by atoms with Gasteiger partial charge in [0, 0.05) is 29.4 Å². The molecule has 6 nitrogen and oxygen atoms in total. The number of anilines is 1. The third-order valence-electron chi connectivity index (χ3n) is 5.33. The van der Waals surface area contributed by atoms with E-state index < -0.39 is 5.60 Å². The van der Waals surface area contributed by atoms with Gasteiger partial charge in [-0.3, -0.25) is 0 Å². The molecule has 1 fully saturated rings. The quantitative estimate of drug-likeness (QED) is 0.448. The summed E-state index contributed by atoms with van der Waals surface area (Å²) >= 11 is 1.67. The number of nitrogen functional groups attached to an aromatic ring is 1. The molecule has 0 aliphatic carbocycles. The Morgan fingerprint density at radius 2 is 2.15 bits per heavy atom. The van der Waals surface area contributed by atoms with Crippen LogP contribution in [-0.4, -0.2) is 46.6 Å². The van der Waals surface area contributed by atoms with Crippen LogP contribution in [0, 0.1) is 11.8 Å². The molecule has 0 amide bonds. The number of nitrogens with two attached hydrogens (primary N) is 1. The summed E-state index contributed by atoms with van der Waals surface area (Å²) in [5.74, 6) is 7.05. The fraction of sp³-hybridized carbons (Fsp3) is 0.360. The number of benzene rings is 1. The number of hydrogen-bond acceptors (Lipinski definition) is 7. The molecule has 0 bridgehead atoms. The molecule has 1 aromatic carbocycles. The van der Waals surface area contributed by atoms with Crippen molar-refractivity contribution in [3.63, 3.8) is 0 Å². The maximum atomic E-state index is 9.81. The van der Waals surface area contributed by atoms with Crippen molar-refractivity contribution >= 4 is 25.1 Å². The highest BCUT2D eigenvalue weighted by Gasteiger charge is 2.22. The molecule has 1 atom stereocenters. The van der Waals surface area contributed by atoms with E-state index in [4.69, 9.17) is 18.5 Å². The normalized spacial score (nSPS) is 16.8. The van der Waals surface area contributed by atoms with Crippen LogP contribution in [0.4, 0.5) is 5.82 Å². The van der Waals surface area contributed by atoms with Gasteiger partial charge in [0.1, 0.15) is 12.2 Å². The molecule has 1 aliphatic heterocycles. The molecule has 3 aromatic rings. The van der Waals surface area contributed by atoms with E-state index >= 15 is 0 Å². The van der Waals surface area contributed by atoms with Crippen LogP contribution in [0.3, 0.4) is 0 Å². The second-order valence-corrected chi connectivity index (χ2v) is 9.86. The first-order chi connectivity index (χ1) is 15.8. The van der Waals surface area contributed by atoms with Crippen LogP contribution >= 0.6 is 11.3 Å². The third-order valence-corrected chi connectivity index (χ3v) is 6.53. The van der Waals surface area contributed by atoms with E-state index in [1.807, 2.05) is 41.3 Å². The minimum absolute atomic E-state index is 0.329. The van der Waals surface area contributed by atoms with Crippen LogP contribution in [-0.2, 0) is 6.61 Å². The summed E-state index contributed by atoms with van der Waals surface area (Å²) in [5.41, 5.74) is 7.73. The zero-order chi connectivity index (χ0) is 23.4. The lowest BCUT2D eigenvalue weighted by atomic mass is 9.96. The van der Waals surface area contributed by atoms with Crippen molar-refractivity contribution in [1.82, 2.24) is 14.8 Å². The third kappa shape index (κ3) is 6.35. The van der Waals surface area contributed by atoms with Crippen LogP contribution in [0.5, 0.6) is 5.75 Å². The van der Waals surface area contributed by atoms with E-state index in [1.54, 1.807) is 31.4 Å². The molecule has 0 saturated carbocycles. The maximum Gasteiger partial charge on any atom is 0.182 e. The van der Waals surface area contributed by atoms with Gasteiger partial charge in [-0.2, -0.15) is 0 Å². The minimum atomic E-state index is -1.04. The first kappa shape index (κ1) is 23.3. The monoisotopic (exact) mass is 458 g/mol. The minimum Gasteiger partial charge on any atom is -0.485 e. The van der Waals surface area contributed by atoms with Crippen molar-refractivity contribution in [3.8, 4) is 28.0 Å². The van der Waals surface area contributed by atoms with Gasteiger partial charge in [-0.1, -0.05) is 24.0 Å². The molecule has 8 heteroatoms. The van der Waals surface area contributed by atoms with E-state index in [0.717, 1.165) is 52.5 Å². The molecular formula is C25H27BN4O2S. The van der Waals surface area contributed by atoms with Crippen LogP contribution in [0.15, 0.2) is 42.7 Å². The Labute approximate surface area is 200 Å². The number of aliphatic hydroxyl groups is 1. The number of rotatable bonds is 5. The molecule has 1 saturated heterocycles. The second kappa shape index (κ2) is 9.96. The van der Waals surface area contributed by atoms with Crippen LogP contribution in [0.1, 0.15) is 48.7 Å². The van der Waals surface area contributed by atoms with Crippen molar-refractivity contribution in [2.24, 2.45) is 0 Å². The molecule has 3 N–H and O–H groups in total. The Morgan fingerprint density at radius 1 is 1.30 bits per heavy atom. The summed E-state index contributed by atoms with van der Waals surface area (Å²) in [6.07, 6.45) is 5.83. The largest absolute Gasteiger partial charge is 0.485 e. The van der Waals surface area contributed by atoms with Gasteiger partial charge in [-0.25, -0.2) is 9.97 Å². The number of nitrogens with zero attached hydrogens (tertiary/aromatic N) is 3. The predicted octanol–water partition coefficient (Wildman–Crippen LogP) is 3.75. The summed E-state index contributed by atoms with van der Waals surface area (Å²) in [6.45, 7) is 5.41. The van der Waals surface area contributed by atoms with Gasteiger partial charge in [-0.15, -0.1) is 11.3 Å². The van der Waals surface area contributed by atoms with Crippen molar-refractivity contribution in [3.05, 3.63) is 58.9 Å². The van der Waals surface area contributed by atoms with Crippen molar-refractivity contribution in [1.29, 1.82) is 0 Å². The molecule has 0 spiro atoms. The molecule has 1 aliphatic rings. The summed E-state index contributed by atoms with van der Waals surface area (Å²) in [4.78, 5) is 11.9. The van der Waals surface area contributed by atoms with Gasteiger partial charge < -0.3 is 20.4 Å². The predicted molar refractivity (Wildman–Crippen MR) is 133 cm³/mol. The van der Waals surface area contributed by atoms with E-state index in [1.165, 1.54) is 0 Å². The van der Waals surface area contributed by atoms with Gasteiger partial charge >= 0.3 is 0 Å². The highest BCUT2D eigenvalue weighted by molar-refractivity contribution is 7.15. The average molecular weight is 458 g/mol. The summed E-state index contributed by atoms with van der Waals surface area (Å²) < 4.78 is 6.00. The molecular weight excluding hydrogens is 431 g/mol. The van der Waals surface area contributed by atoms with E-state index in [2.05, 4.69) is 21.8 Å². The van der Waals surface area contributed by atoms with Gasteiger partial charge in [0.15, 0.2) is 19.5 Å². The van der Waals surface area contributed by atoms with Crippen LogP contribution < -0.4 is 10.5 Å². The lowest BCUT2D eigenvalue weighted by Crippen LogP contribution is -2.31. The number of hydrogen-bond donors (Lipinski definition) is 2. The SMILES string of the molecule is [B]N1CCCC(c2ncc(-c3cnc(N)c(OCc4cccc(C#CC(C)(C)O)c4)c3)s2)C1. The molecule has 33 heavy (non-hydrogen) atoms. The Hall–Kier alpha value is -2.86. The number of ether oxygens (including phenoxy) is 1. The van der Waals surface area contributed by atoms with E-state index in [0.29, 0.717) is 24.1 Å². The molecule has 168 valence electrons. The first-order valence-corrected chi connectivity index (χ1v) is 11.8. The maximum absolute atomic E-state index is 9.81. The van der Waals surface area contributed by atoms with Crippen molar-refractivity contribution in [2.75, 3.05) is 18.8 Å². The fourth-order valence-electron chi connectivity index (χ4n) is 3.65. The van der Waals surface area contributed by atoms with Crippen LogP contribution in [0.25, 0.3) is 10.4 Å². The molecule has 3 heterocycles. The molecule has 4 rings (SSSR count). The number of piperidine rings is 1. The van der Waals surface area contributed by atoms with Gasteiger partial charge in [-0.05, 0) is 63.5 Å². The number of pyridine rings is 1. The standard InChI is InChI=1S/C25H27BN4O2S/c1-25(2,31)9-8-17-5-3-6-18(11-17)16-32-21-12-20(13-28-23(21)27)22-14-29-24(33-22)19-7-4-10-30(26)15-19/h3,5-6,11-14,19,31H,4,7,10,15-16H2,1-2H3,(H2,27,28). The highest BCUT2D eigenvalue weighted by atomic mass is 32.1. The van der Waals surface area contributed by atoms with Crippen LogP contribution in [0.2, 0.25) is 0 Å². The van der Waals surface area contributed by atoms with Gasteiger partial charge in [0.05, 0.1) is 9.88 Å². The molecule has 2 aromatic heterocycles. The van der Waals surface area contributed by atoms with Gasteiger partial charge in [0.25, 0.3) is 0 Å². The zero-order valence-electron chi connectivity index (χ0n) is 18.9. The Kier molecular flexibility index (Phi) is 7.03. The molecule has 2 radical (unpaired) electrons. The number of thiazole rings is 1. The Bertz CT molecular complexity index is 1180. The Balaban J connectivity index is 1.47. The highest BCUT2D eigenvalue weighted by Crippen LogP contribution is 2.35. The summed E-state index contributed by atoms with van der Waals surface area (Å²) in [6, 6.07) is 9.62. The fourth-order valence-corrected chi connectivity index (χ4v) is 4.67. The topological polar surface area (TPSA) is 84.5 Å². The number of aromatic nitrogens is 2. The second-order valence-electron chi connectivity index (χ2n) is 8.80.